The van der Waals surface area contributed by atoms with Crippen molar-refractivity contribution in [1.29, 1.82) is 0 Å². The molecule has 3 heteroatoms. The molecule has 0 amide bonds. The average Bonchev–Trinajstić information content (AvgIpc) is 1.61. The van der Waals surface area contributed by atoms with Crippen molar-refractivity contribution >= 4 is 8.03 Å². The molecule has 0 rings (SSSR count). The Hall–Kier alpha value is -0.460. The van der Waals surface area contributed by atoms with Crippen molar-refractivity contribution in [2.24, 2.45) is 0 Å². The molecule has 0 saturated heterocycles. The second kappa shape index (κ2) is 3.72. The van der Waals surface area contributed by atoms with Gasteiger partial charge in [0.1, 0.15) is 0 Å². The molecule has 2 nitrogen and oxygen atoms in total. The molecule has 1 unspecified atom stereocenters. The van der Waals surface area contributed by atoms with E-state index >= 15 is 0 Å². The van der Waals surface area contributed by atoms with E-state index in [1.54, 1.807) is 0 Å². The van der Waals surface area contributed by atoms with Gasteiger partial charge in [-0.05, 0) is 10.6 Å². The fourth-order valence-corrected chi connectivity index (χ4v) is 0.403. The van der Waals surface area contributed by atoms with E-state index in [2.05, 4.69) is 6.58 Å². The standard InChI is InChI=1S/C4H5O2P/c1-2-3-4-7(5)6/h2-4H,1H2/p+1. The summed E-state index contributed by atoms with van der Waals surface area (Å²) in [6.07, 6.45) is 2.88. The molecular weight excluding hydrogens is 111 g/mol. The van der Waals surface area contributed by atoms with Gasteiger partial charge in [-0.2, -0.15) is 4.89 Å². The maximum absolute atomic E-state index is 9.77. The first kappa shape index (κ1) is 6.54. The van der Waals surface area contributed by atoms with Crippen LogP contribution in [-0.4, -0.2) is 4.89 Å². The molecule has 0 heterocycles. The van der Waals surface area contributed by atoms with E-state index in [9.17, 15) is 4.57 Å². The molecule has 0 saturated carbocycles. The normalized spacial score (nSPS) is 11.9. The molecule has 0 bridgehead atoms. The van der Waals surface area contributed by atoms with Gasteiger partial charge in [-0.1, -0.05) is 12.7 Å². The zero-order valence-electron chi connectivity index (χ0n) is 3.74. The fraction of sp³-hybridized carbons (Fsp3) is 0. The number of hydrogen-bond donors (Lipinski definition) is 1. The van der Waals surface area contributed by atoms with Crippen molar-refractivity contribution in [1.82, 2.24) is 0 Å². The SMILES string of the molecule is C=CC=C[P+](=O)O. The Morgan fingerprint density at radius 3 is 2.43 bits per heavy atom. The van der Waals surface area contributed by atoms with E-state index in [1.807, 2.05) is 0 Å². The number of rotatable bonds is 2. The van der Waals surface area contributed by atoms with Crippen LogP contribution in [0.4, 0.5) is 0 Å². The van der Waals surface area contributed by atoms with E-state index in [0.29, 0.717) is 0 Å². The van der Waals surface area contributed by atoms with Crippen molar-refractivity contribution < 1.29 is 9.46 Å². The molecular formula is C4H6O2P+. The average molecular weight is 117 g/mol. The summed E-state index contributed by atoms with van der Waals surface area (Å²) in [5.41, 5.74) is 0. The summed E-state index contributed by atoms with van der Waals surface area (Å²) in [5, 5.41) is 0. The molecule has 0 aliphatic heterocycles. The van der Waals surface area contributed by atoms with Gasteiger partial charge in [0.25, 0.3) is 0 Å². The van der Waals surface area contributed by atoms with Crippen molar-refractivity contribution in [2.75, 3.05) is 0 Å². The first-order valence-corrected chi connectivity index (χ1v) is 3.00. The lowest BCUT2D eigenvalue weighted by atomic mass is 10.6. The molecule has 0 aromatic rings. The molecule has 0 aliphatic carbocycles. The Balaban J connectivity index is 3.46. The molecule has 38 valence electrons. The Morgan fingerprint density at radius 1 is 1.71 bits per heavy atom. The predicted octanol–water partition coefficient (Wildman–Crippen LogP) is 1.42. The predicted molar refractivity (Wildman–Crippen MR) is 29.2 cm³/mol. The van der Waals surface area contributed by atoms with Gasteiger partial charge in [0.05, 0.1) is 0 Å². The lowest BCUT2D eigenvalue weighted by Gasteiger charge is -1.54. The summed E-state index contributed by atoms with van der Waals surface area (Å²) in [6, 6.07) is 0. The van der Waals surface area contributed by atoms with E-state index < -0.39 is 8.03 Å². The second-order valence-corrected chi connectivity index (χ2v) is 1.78. The van der Waals surface area contributed by atoms with Crippen LogP contribution in [0.3, 0.4) is 0 Å². The molecule has 0 aromatic heterocycles. The molecule has 0 aliphatic rings. The van der Waals surface area contributed by atoms with Crippen LogP contribution in [0.1, 0.15) is 0 Å². The molecule has 7 heavy (non-hydrogen) atoms. The van der Waals surface area contributed by atoms with Crippen LogP contribution in [-0.2, 0) is 4.57 Å². The number of allylic oxidation sites excluding steroid dienone is 2. The Labute approximate surface area is 43.0 Å². The second-order valence-electron chi connectivity index (χ2n) is 0.880. The summed E-state index contributed by atoms with van der Waals surface area (Å²) in [6.45, 7) is 3.31. The summed E-state index contributed by atoms with van der Waals surface area (Å²) in [7, 11) is -2.11. The van der Waals surface area contributed by atoms with Gasteiger partial charge in [-0.25, -0.2) is 0 Å². The van der Waals surface area contributed by atoms with Crippen LogP contribution in [0.25, 0.3) is 0 Å². The van der Waals surface area contributed by atoms with Gasteiger partial charge in [0, 0.05) is 0 Å². The summed E-state index contributed by atoms with van der Waals surface area (Å²) >= 11 is 0. The monoisotopic (exact) mass is 117 g/mol. The zero-order valence-corrected chi connectivity index (χ0v) is 4.64. The van der Waals surface area contributed by atoms with Crippen LogP contribution in [0.5, 0.6) is 0 Å². The minimum absolute atomic E-state index is 1.17. The Morgan fingerprint density at radius 2 is 2.29 bits per heavy atom. The zero-order chi connectivity index (χ0) is 5.70. The molecule has 1 atom stereocenters. The third-order valence-corrected chi connectivity index (χ3v) is 0.777. The lowest BCUT2D eigenvalue weighted by molar-refractivity contribution is 0.512. The minimum Gasteiger partial charge on any atom is -0.157 e. The molecule has 0 radical (unpaired) electrons. The fourth-order valence-electron chi connectivity index (χ4n) is 0.134. The molecule has 0 fully saturated rings. The van der Waals surface area contributed by atoms with Crippen molar-refractivity contribution in [2.45, 2.75) is 0 Å². The summed E-state index contributed by atoms with van der Waals surface area (Å²) in [4.78, 5) is 8.06. The van der Waals surface area contributed by atoms with Crippen molar-refractivity contribution in [3.8, 4) is 0 Å². The highest BCUT2D eigenvalue weighted by molar-refractivity contribution is 7.41. The third-order valence-electron chi connectivity index (χ3n) is 0.350. The van der Waals surface area contributed by atoms with Crippen LogP contribution in [0.15, 0.2) is 24.5 Å². The Bertz CT molecular complexity index is 106. The Kier molecular flexibility index (Phi) is 3.48. The smallest absolute Gasteiger partial charge is 0.157 e. The van der Waals surface area contributed by atoms with Crippen molar-refractivity contribution in [3.63, 3.8) is 0 Å². The van der Waals surface area contributed by atoms with Gasteiger partial charge < -0.3 is 0 Å². The minimum atomic E-state index is -2.11. The highest BCUT2D eigenvalue weighted by Crippen LogP contribution is 2.12. The molecule has 0 spiro atoms. The highest BCUT2D eigenvalue weighted by atomic mass is 31.1. The lowest BCUT2D eigenvalue weighted by Crippen LogP contribution is -1.43. The van der Waals surface area contributed by atoms with E-state index in [4.69, 9.17) is 4.89 Å². The van der Waals surface area contributed by atoms with Gasteiger partial charge in [0.2, 0.25) is 0 Å². The first-order chi connectivity index (χ1) is 3.27. The van der Waals surface area contributed by atoms with E-state index in [-0.39, 0.29) is 0 Å². The highest BCUT2D eigenvalue weighted by Gasteiger charge is 1.97. The van der Waals surface area contributed by atoms with Gasteiger partial charge in [-0.3, -0.25) is 0 Å². The van der Waals surface area contributed by atoms with Gasteiger partial charge in [0.15, 0.2) is 5.82 Å². The van der Waals surface area contributed by atoms with Crippen LogP contribution in [0, 0.1) is 0 Å². The van der Waals surface area contributed by atoms with Gasteiger partial charge >= 0.3 is 8.03 Å². The van der Waals surface area contributed by atoms with Gasteiger partial charge in [-0.15, -0.1) is 0 Å². The van der Waals surface area contributed by atoms with Crippen LogP contribution < -0.4 is 0 Å². The summed E-state index contributed by atoms with van der Waals surface area (Å²) in [5.74, 6) is 1.17. The first-order valence-electron chi connectivity index (χ1n) is 1.72. The van der Waals surface area contributed by atoms with Crippen LogP contribution >= 0.6 is 8.03 Å². The van der Waals surface area contributed by atoms with Crippen LogP contribution in [0.2, 0.25) is 0 Å². The summed E-state index contributed by atoms with van der Waals surface area (Å²) < 4.78 is 9.77. The van der Waals surface area contributed by atoms with E-state index in [1.165, 1.54) is 18.0 Å². The maximum Gasteiger partial charge on any atom is 0.538 e. The largest absolute Gasteiger partial charge is 0.538 e. The quantitative estimate of drug-likeness (QED) is 0.438. The van der Waals surface area contributed by atoms with E-state index in [0.717, 1.165) is 0 Å². The molecule has 0 aromatic carbocycles. The number of hydrogen-bond acceptors (Lipinski definition) is 1. The topological polar surface area (TPSA) is 37.3 Å². The third kappa shape index (κ3) is 5.54. The van der Waals surface area contributed by atoms with Crippen molar-refractivity contribution in [3.05, 3.63) is 24.5 Å². The molecule has 1 N–H and O–H groups in total. The maximum atomic E-state index is 9.77.